The maximum Gasteiger partial charge on any atom is 0.334 e. The van der Waals surface area contributed by atoms with E-state index in [1.807, 2.05) is 44.2 Å². The molecule has 0 atom stereocenters. The number of nitrogens with zero attached hydrogens (tertiary/aromatic N) is 1. The summed E-state index contributed by atoms with van der Waals surface area (Å²) in [6.45, 7) is 3.83. The average molecular weight is 275 g/mol. The number of rotatable bonds is 4. The summed E-state index contributed by atoms with van der Waals surface area (Å²) in [5.41, 5.74) is 0.570. The predicted molar refractivity (Wildman–Crippen MR) is 71.3 cm³/mol. The number of amides is 2. The fraction of sp³-hybridized carbons (Fsp3) is 0.400. The molecule has 20 heavy (non-hydrogen) atoms. The molecular weight excluding hydrogens is 258 g/mol. The van der Waals surface area contributed by atoms with Crippen molar-refractivity contribution >= 4 is 17.8 Å². The van der Waals surface area contributed by atoms with Gasteiger partial charge < -0.3 is 4.84 Å². The Morgan fingerprint density at radius 3 is 2.25 bits per heavy atom. The summed E-state index contributed by atoms with van der Waals surface area (Å²) in [6, 6.07) is 9.56. The number of carbonyl (C=O) groups excluding carboxylic acids is 3. The lowest BCUT2D eigenvalue weighted by Gasteiger charge is -2.24. The van der Waals surface area contributed by atoms with Gasteiger partial charge in [-0.3, -0.25) is 9.59 Å². The molecule has 0 N–H and O–H groups in total. The zero-order chi connectivity index (χ0) is 14.8. The van der Waals surface area contributed by atoms with E-state index in [0.29, 0.717) is 5.06 Å². The first-order chi connectivity index (χ1) is 9.40. The third kappa shape index (κ3) is 3.04. The van der Waals surface area contributed by atoms with Crippen molar-refractivity contribution in [3.05, 3.63) is 35.9 Å². The fourth-order valence-corrected chi connectivity index (χ4v) is 2.14. The highest BCUT2D eigenvalue weighted by molar-refractivity contribution is 6.01. The van der Waals surface area contributed by atoms with E-state index in [0.717, 1.165) is 5.56 Å². The lowest BCUT2D eigenvalue weighted by atomic mass is 9.82. The molecule has 1 aliphatic rings. The van der Waals surface area contributed by atoms with Gasteiger partial charge in [-0.15, -0.1) is 5.06 Å². The van der Waals surface area contributed by atoms with Crippen LogP contribution in [0.25, 0.3) is 0 Å². The van der Waals surface area contributed by atoms with Crippen molar-refractivity contribution < 1.29 is 19.2 Å². The molecule has 1 aliphatic heterocycles. The molecule has 0 spiro atoms. The molecule has 2 rings (SSSR count). The number of carbonyl (C=O) groups is 3. The Kier molecular flexibility index (Phi) is 3.88. The second-order valence-electron chi connectivity index (χ2n) is 5.47. The Morgan fingerprint density at radius 2 is 1.70 bits per heavy atom. The van der Waals surface area contributed by atoms with E-state index in [1.54, 1.807) is 0 Å². The maximum absolute atomic E-state index is 11.9. The SMILES string of the molecule is CC(C)(CC(=O)ON1C(=O)CCC1=O)c1ccccc1. The van der Waals surface area contributed by atoms with Gasteiger partial charge in [0.05, 0.1) is 6.42 Å². The Labute approximate surface area is 117 Å². The zero-order valence-corrected chi connectivity index (χ0v) is 11.6. The first kappa shape index (κ1) is 14.2. The Morgan fingerprint density at radius 1 is 1.15 bits per heavy atom. The summed E-state index contributed by atoms with van der Waals surface area (Å²) in [5, 5.41) is 0.587. The summed E-state index contributed by atoms with van der Waals surface area (Å²) in [5.74, 6) is -1.50. The minimum atomic E-state index is -0.581. The summed E-state index contributed by atoms with van der Waals surface area (Å²) < 4.78 is 0. The molecule has 0 saturated carbocycles. The lowest BCUT2D eigenvalue weighted by Crippen LogP contribution is -2.34. The van der Waals surface area contributed by atoms with Crippen LogP contribution >= 0.6 is 0 Å². The first-order valence-electron chi connectivity index (χ1n) is 6.52. The van der Waals surface area contributed by atoms with E-state index in [4.69, 9.17) is 4.84 Å². The molecule has 5 heteroatoms. The largest absolute Gasteiger partial charge is 0.334 e. The molecule has 0 unspecified atom stereocenters. The van der Waals surface area contributed by atoms with Gasteiger partial charge in [0.25, 0.3) is 11.8 Å². The minimum absolute atomic E-state index is 0.0913. The van der Waals surface area contributed by atoms with Crippen LogP contribution in [-0.4, -0.2) is 22.8 Å². The molecule has 1 saturated heterocycles. The van der Waals surface area contributed by atoms with Crippen LogP contribution in [0.5, 0.6) is 0 Å². The quantitative estimate of drug-likeness (QED) is 0.788. The van der Waals surface area contributed by atoms with Crippen molar-refractivity contribution in [2.45, 2.75) is 38.5 Å². The second kappa shape index (κ2) is 5.45. The second-order valence-corrected chi connectivity index (χ2v) is 5.47. The van der Waals surface area contributed by atoms with E-state index < -0.39 is 23.2 Å². The maximum atomic E-state index is 11.9. The summed E-state index contributed by atoms with van der Waals surface area (Å²) >= 11 is 0. The topological polar surface area (TPSA) is 63.7 Å². The summed E-state index contributed by atoms with van der Waals surface area (Å²) in [7, 11) is 0. The molecule has 1 fully saturated rings. The molecule has 0 radical (unpaired) electrons. The highest BCUT2D eigenvalue weighted by Gasteiger charge is 2.34. The van der Waals surface area contributed by atoms with Crippen LogP contribution in [0.15, 0.2) is 30.3 Å². The normalized spacial score (nSPS) is 15.6. The number of benzene rings is 1. The van der Waals surface area contributed by atoms with Gasteiger partial charge in [-0.2, -0.15) is 0 Å². The smallest absolute Gasteiger partial charge is 0.330 e. The summed E-state index contributed by atoms with van der Waals surface area (Å²) in [4.78, 5) is 39.6. The molecule has 0 aromatic heterocycles. The van der Waals surface area contributed by atoms with E-state index in [-0.39, 0.29) is 19.3 Å². The van der Waals surface area contributed by atoms with Crippen molar-refractivity contribution in [1.29, 1.82) is 0 Å². The highest BCUT2D eigenvalue weighted by atomic mass is 16.7. The Bertz CT molecular complexity index is 520. The van der Waals surface area contributed by atoms with Gasteiger partial charge in [-0.25, -0.2) is 4.79 Å². The third-order valence-electron chi connectivity index (χ3n) is 3.34. The molecule has 5 nitrogen and oxygen atoms in total. The van der Waals surface area contributed by atoms with Gasteiger partial charge in [0.1, 0.15) is 0 Å². The number of hydroxylamine groups is 2. The van der Waals surface area contributed by atoms with Crippen molar-refractivity contribution in [3.63, 3.8) is 0 Å². The molecule has 2 amide bonds. The van der Waals surface area contributed by atoms with Crippen molar-refractivity contribution in [2.75, 3.05) is 0 Å². The molecule has 106 valence electrons. The number of hydrogen-bond acceptors (Lipinski definition) is 4. The van der Waals surface area contributed by atoms with Crippen LogP contribution in [0.2, 0.25) is 0 Å². The molecular formula is C15H17NO4. The van der Waals surface area contributed by atoms with Crippen molar-refractivity contribution in [3.8, 4) is 0 Å². The van der Waals surface area contributed by atoms with Gasteiger partial charge in [0.2, 0.25) is 0 Å². The third-order valence-corrected chi connectivity index (χ3v) is 3.34. The molecule has 1 aromatic rings. The molecule has 1 heterocycles. The zero-order valence-electron chi connectivity index (χ0n) is 11.6. The first-order valence-corrected chi connectivity index (χ1v) is 6.52. The average Bonchev–Trinajstić information content (AvgIpc) is 2.71. The van der Waals surface area contributed by atoms with Crippen LogP contribution in [0.4, 0.5) is 0 Å². The number of imide groups is 1. The van der Waals surface area contributed by atoms with Gasteiger partial charge in [0, 0.05) is 18.3 Å². The van der Waals surface area contributed by atoms with E-state index in [2.05, 4.69) is 0 Å². The van der Waals surface area contributed by atoms with Crippen molar-refractivity contribution in [2.24, 2.45) is 0 Å². The van der Waals surface area contributed by atoms with Crippen LogP contribution in [0, 0.1) is 0 Å². The van der Waals surface area contributed by atoms with Crippen LogP contribution < -0.4 is 0 Å². The number of hydrogen-bond donors (Lipinski definition) is 0. The van der Waals surface area contributed by atoms with Crippen LogP contribution in [-0.2, 0) is 24.6 Å². The van der Waals surface area contributed by atoms with Gasteiger partial charge in [-0.05, 0) is 5.56 Å². The van der Waals surface area contributed by atoms with Crippen LogP contribution in [0.3, 0.4) is 0 Å². The lowest BCUT2D eigenvalue weighted by molar-refractivity contribution is -0.198. The minimum Gasteiger partial charge on any atom is -0.330 e. The summed E-state index contributed by atoms with van der Waals surface area (Å²) in [6.07, 6.45) is 0.302. The fourth-order valence-electron chi connectivity index (χ4n) is 2.14. The molecule has 0 bridgehead atoms. The van der Waals surface area contributed by atoms with E-state index in [1.165, 1.54) is 0 Å². The van der Waals surface area contributed by atoms with Gasteiger partial charge >= 0.3 is 5.97 Å². The van der Waals surface area contributed by atoms with Gasteiger partial charge in [-0.1, -0.05) is 44.2 Å². The Hall–Kier alpha value is -2.17. The predicted octanol–water partition coefficient (Wildman–Crippen LogP) is 1.96. The standard InChI is InChI=1S/C15H17NO4/c1-15(2,11-6-4-3-5-7-11)10-14(19)20-16-12(17)8-9-13(16)18/h3-7H,8-10H2,1-2H3. The highest BCUT2D eigenvalue weighted by Crippen LogP contribution is 2.27. The molecule has 1 aromatic carbocycles. The molecule has 0 aliphatic carbocycles. The van der Waals surface area contributed by atoms with E-state index >= 15 is 0 Å². The van der Waals surface area contributed by atoms with Crippen molar-refractivity contribution in [1.82, 2.24) is 5.06 Å². The van der Waals surface area contributed by atoms with E-state index in [9.17, 15) is 14.4 Å². The van der Waals surface area contributed by atoms with Gasteiger partial charge in [0.15, 0.2) is 0 Å². The van der Waals surface area contributed by atoms with Crippen LogP contribution in [0.1, 0.15) is 38.7 Å². The monoisotopic (exact) mass is 275 g/mol. The Balaban J connectivity index is 2.01.